The van der Waals surface area contributed by atoms with E-state index in [2.05, 4.69) is 21.2 Å². The van der Waals surface area contributed by atoms with Crippen LogP contribution in [0.5, 0.6) is 5.75 Å². The number of carbonyl (C=O) groups excluding carboxylic acids is 1. The Labute approximate surface area is 119 Å². The van der Waals surface area contributed by atoms with Crippen LogP contribution in [-0.2, 0) is 6.54 Å². The van der Waals surface area contributed by atoms with E-state index in [-0.39, 0.29) is 17.2 Å². The average Bonchev–Trinajstić information content (AvgIpc) is 2.39. The third kappa shape index (κ3) is 3.48. The summed E-state index contributed by atoms with van der Waals surface area (Å²) < 4.78 is 0.736. The van der Waals surface area contributed by atoms with Crippen LogP contribution in [0, 0.1) is 0 Å². The molecule has 4 N–H and O–H groups in total. The van der Waals surface area contributed by atoms with E-state index < -0.39 is 0 Å². The van der Waals surface area contributed by atoms with Gasteiger partial charge in [0.1, 0.15) is 5.75 Å². The van der Waals surface area contributed by atoms with Crippen LogP contribution >= 0.6 is 15.9 Å². The van der Waals surface area contributed by atoms with Crippen molar-refractivity contribution < 1.29 is 9.90 Å². The van der Waals surface area contributed by atoms with Gasteiger partial charge in [-0.15, -0.1) is 0 Å². The Morgan fingerprint density at radius 1 is 1.26 bits per heavy atom. The van der Waals surface area contributed by atoms with Crippen molar-refractivity contribution in [3.8, 4) is 5.75 Å². The van der Waals surface area contributed by atoms with Crippen LogP contribution in [0.25, 0.3) is 0 Å². The lowest BCUT2D eigenvalue weighted by molar-refractivity contribution is 0.0948. The molecule has 0 aromatic heterocycles. The second-order valence-electron chi connectivity index (χ2n) is 4.09. The number of nitrogen functional groups attached to an aromatic ring is 1. The lowest BCUT2D eigenvalue weighted by Gasteiger charge is -2.08. The molecule has 19 heavy (non-hydrogen) atoms. The monoisotopic (exact) mass is 320 g/mol. The van der Waals surface area contributed by atoms with E-state index in [9.17, 15) is 9.90 Å². The van der Waals surface area contributed by atoms with Gasteiger partial charge in [-0.3, -0.25) is 4.79 Å². The predicted molar refractivity (Wildman–Crippen MR) is 77.8 cm³/mol. The van der Waals surface area contributed by atoms with E-state index in [1.54, 1.807) is 24.3 Å². The van der Waals surface area contributed by atoms with Crippen molar-refractivity contribution in [3.63, 3.8) is 0 Å². The summed E-state index contributed by atoms with van der Waals surface area (Å²) in [4.78, 5) is 12.0. The second-order valence-corrected chi connectivity index (χ2v) is 5.00. The lowest BCUT2D eigenvalue weighted by Crippen LogP contribution is -2.22. The summed E-state index contributed by atoms with van der Waals surface area (Å²) in [6.07, 6.45) is 0. The molecule has 0 spiro atoms. The number of halogens is 1. The zero-order valence-corrected chi connectivity index (χ0v) is 11.6. The topological polar surface area (TPSA) is 75.3 Å². The third-order valence-electron chi connectivity index (χ3n) is 2.61. The van der Waals surface area contributed by atoms with Gasteiger partial charge in [0.15, 0.2) is 0 Å². The molecule has 0 saturated heterocycles. The van der Waals surface area contributed by atoms with Crippen molar-refractivity contribution in [2.75, 3.05) is 5.73 Å². The first-order chi connectivity index (χ1) is 9.06. The number of rotatable bonds is 3. The number of anilines is 1. The molecular weight excluding hydrogens is 308 g/mol. The molecule has 0 fully saturated rings. The minimum Gasteiger partial charge on any atom is -0.507 e. The van der Waals surface area contributed by atoms with Gasteiger partial charge in [0.05, 0.1) is 5.56 Å². The van der Waals surface area contributed by atoms with Gasteiger partial charge >= 0.3 is 0 Å². The molecule has 0 saturated carbocycles. The number of hydrogen-bond donors (Lipinski definition) is 3. The number of phenols is 1. The van der Waals surface area contributed by atoms with Crippen molar-refractivity contribution in [3.05, 3.63) is 58.1 Å². The van der Waals surface area contributed by atoms with E-state index in [1.165, 1.54) is 6.07 Å². The zero-order chi connectivity index (χ0) is 13.8. The van der Waals surface area contributed by atoms with Gasteiger partial charge in [-0.05, 0) is 35.9 Å². The third-order valence-corrected chi connectivity index (χ3v) is 3.10. The van der Waals surface area contributed by atoms with E-state index >= 15 is 0 Å². The van der Waals surface area contributed by atoms with Gasteiger partial charge in [0.25, 0.3) is 5.91 Å². The predicted octanol–water partition coefficient (Wildman–Crippen LogP) is 2.67. The largest absolute Gasteiger partial charge is 0.507 e. The summed E-state index contributed by atoms with van der Waals surface area (Å²) in [5, 5.41) is 12.4. The highest BCUT2D eigenvalue weighted by atomic mass is 79.9. The van der Waals surface area contributed by atoms with Crippen LogP contribution < -0.4 is 11.1 Å². The second kappa shape index (κ2) is 5.75. The molecule has 0 unspecified atom stereocenters. The standard InChI is InChI=1S/C14H13BrN2O2/c15-10-4-5-13(18)12(7-10)14(19)17-8-9-2-1-3-11(16)6-9/h1-7,18H,8,16H2,(H,17,19). The first-order valence-corrected chi connectivity index (χ1v) is 6.46. The number of aromatic hydroxyl groups is 1. The Hall–Kier alpha value is -2.01. The minimum atomic E-state index is -0.332. The summed E-state index contributed by atoms with van der Waals surface area (Å²) >= 11 is 3.26. The van der Waals surface area contributed by atoms with Gasteiger partial charge in [0.2, 0.25) is 0 Å². The highest BCUT2D eigenvalue weighted by Crippen LogP contribution is 2.21. The molecule has 0 atom stereocenters. The molecule has 0 radical (unpaired) electrons. The van der Waals surface area contributed by atoms with Gasteiger partial charge in [-0.2, -0.15) is 0 Å². The molecule has 4 nitrogen and oxygen atoms in total. The number of amides is 1. The smallest absolute Gasteiger partial charge is 0.255 e. The maximum Gasteiger partial charge on any atom is 0.255 e. The number of hydrogen-bond acceptors (Lipinski definition) is 3. The minimum absolute atomic E-state index is 0.0479. The average molecular weight is 321 g/mol. The van der Waals surface area contributed by atoms with Crippen LogP contribution in [0.2, 0.25) is 0 Å². The molecule has 2 aromatic rings. The van der Waals surface area contributed by atoms with E-state index in [4.69, 9.17) is 5.73 Å². The van der Waals surface area contributed by atoms with Crippen molar-refractivity contribution in [1.29, 1.82) is 0 Å². The molecule has 5 heteroatoms. The first-order valence-electron chi connectivity index (χ1n) is 5.67. The van der Waals surface area contributed by atoms with Crippen molar-refractivity contribution in [2.24, 2.45) is 0 Å². The quantitative estimate of drug-likeness (QED) is 0.761. The van der Waals surface area contributed by atoms with Crippen LogP contribution in [0.15, 0.2) is 46.9 Å². The summed E-state index contributed by atoms with van der Waals surface area (Å²) in [5.74, 6) is -0.380. The van der Waals surface area contributed by atoms with Crippen LogP contribution in [0.4, 0.5) is 5.69 Å². The molecule has 0 aliphatic heterocycles. The van der Waals surface area contributed by atoms with Gasteiger partial charge in [0, 0.05) is 16.7 Å². The highest BCUT2D eigenvalue weighted by Gasteiger charge is 2.11. The Morgan fingerprint density at radius 2 is 2.05 bits per heavy atom. The molecule has 98 valence electrons. The number of nitrogens with two attached hydrogens (primary N) is 1. The first kappa shape index (κ1) is 13.4. The zero-order valence-electron chi connectivity index (χ0n) is 10.1. The molecule has 0 aliphatic carbocycles. The Kier molecular flexibility index (Phi) is 4.06. The maximum absolute atomic E-state index is 12.0. The van der Waals surface area contributed by atoms with E-state index in [0.717, 1.165) is 10.0 Å². The summed E-state index contributed by atoms with van der Waals surface area (Å²) in [6, 6.07) is 12.0. The fourth-order valence-corrected chi connectivity index (χ4v) is 2.03. The molecule has 2 rings (SSSR count). The fraction of sp³-hybridized carbons (Fsp3) is 0.0714. The number of benzene rings is 2. The Morgan fingerprint density at radius 3 is 2.79 bits per heavy atom. The number of carbonyl (C=O) groups is 1. The maximum atomic E-state index is 12.0. The van der Waals surface area contributed by atoms with Crippen molar-refractivity contribution in [1.82, 2.24) is 5.32 Å². The van der Waals surface area contributed by atoms with Crippen LogP contribution in [-0.4, -0.2) is 11.0 Å². The highest BCUT2D eigenvalue weighted by molar-refractivity contribution is 9.10. The number of phenolic OH excluding ortho intramolecular Hbond substituents is 1. The van der Waals surface area contributed by atoms with Crippen LogP contribution in [0.1, 0.15) is 15.9 Å². The van der Waals surface area contributed by atoms with Crippen LogP contribution in [0.3, 0.4) is 0 Å². The Balaban J connectivity index is 2.07. The summed E-state index contributed by atoms with van der Waals surface area (Å²) in [7, 11) is 0. The van der Waals surface area contributed by atoms with E-state index in [0.29, 0.717) is 12.2 Å². The molecule has 0 heterocycles. The van der Waals surface area contributed by atoms with Gasteiger partial charge < -0.3 is 16.2 Å². The molecule has 2 aromatic carbocycles. The van der Waals surface area contributed by atoms with Gasteiger partial charge in [-0.1, -0.05) is 28.1 Å². The molecular formula is C14H13BrN2O2. The van der Waals surface area contributed by atoms with Crippen molar-refractivity contribution in [2.45, 2.75) is 6.54 Å². The fourth-order valence-electron chi connectivity index (χ4n) is 1.67. The summed E-state index contributed by atoms with van der Waals surface area (Å²) in [6.45, 7) is 0.357. The van der Waals surface area contributed by atoms with Gasteiger partial charge in [-0.25, -0.2) is 0 Å². The molecule has 0 aliphatic rings. The Bertz CT molecular complexity index is 614. The van der Waals surface area contributed by atoms with E-state index in [1.807, 2.05) is 12.1 Å². The lowest BCUT2D eigenvalue weighted by atomic mass is 10.1. The normalized spacial score (nSPS) is 10.2. The summed E-state index contributed by atoms with van der Waals surface area (Å²) in [5.41, 5.74) is 7.45. The molecule has 0 bridgehead atoms. The van der Waals surface area contributed by atoms with Crippen molar-refractivity contribution >= 4 is 27.5 Å². The molecule has 1 amide bonds. The number of nitrogens with one attached hydrogen (secondary N) is 1. The SMILES string of the molecule is Nc1cccc(CNC(=O)c2cc(Br)ccc2O)c1.